The molecule has 1 saturated heterocycles. The molecule has 1 fully saturated rings. The van der Waals surface area contributed by atoms with Crippen molar-refractivity contribution in [2.45, 2.75) is 25.8 Å². The summed E-state index contributed by atoms with van der Waals surface area (Å²) in [6.45, 7) is 1.23. The molecule has 6 nitrogen and oxygen atoms in total. The van der Waals surface area contributed by atoms with Crippen LogP contribution in [0.2, 0.25) is 0 Å². The van der Waals surface area contributed by atoms with Crippen LogP contribution in [0.1, 0.15) is 19.3 Å². The van der Waals surface area contributed by atoms with E-state index >= 15 is 0 Å². The molecule has 1 unspecified atom stereocenters. The van der Waals surface area contributed by atoms with Crippen molar-refractivity contribution >= 4 is 27.8 Å². The lowest BCUT2D eigenvalue weighted by molar-refractivity contribution is -0.137. The largest absolute Gasteiger partial charge is 0.481 e. The van der Waals surface area contributed by atoms with Crippen molar-refractivity contribution in [3.05, 3.63) is 33.2 Å². The molecular weight excluding hydrogens is 340 g/mol. The second kappa shape index (κ2) is 6.89. The summed E-state index contributed by atoms with van der Waals surface area (Å²) in [7, 11) is 0. The van der Waals surface area contributed by atoms with E-state index in [1.807, 2.05) is 0 Å². The number of rotatable bonds is 5. The second-order valence-corrected chi connectivity index (χ2v) is 6.16. The van der Waals surface area contributed by atoms with Crippen LogP contribution in [0.5, 0.6) is 0 Å². The Hall–Kier alpha value is -1.63. The summed E-state index contributed by atoms with van der Waals surface area (Å²) in [5.41, 5.74) is -0.215. The number of carboxylic acid groups (broad SMARTS) is 1. The van der Waals surface area contributed by atoms with Gasteiger partial charge in [-0.1, -0.05) is 0 Å². The molecule has 0 aliphatic carbocycles. The minimum absolute atomic E-state index is 0.0178. The van der Waals surface area contributed by atoms with Crippen LogP contribution in [0.3, 0.4) is 0 Å². The number of halogens is 1. The number of pyridine rings is 1. The zero-order valence-corrected chi connectivity index (χ0v) is 13.1. The summed E-state index contributed by atoms with van der Waals surface area (Å²) in [6, 6.07) is 3.05. The lowest BCUT2D eigenvalue weighted by Crippen LogP contribution is -2.34. The third-order valence-corrected chi connectivity index (χ3v) is 4.13. The van der Waals surface area contributed by atoms with Crippen LogP contribution in [0, 0.1) is 5.92 Å². The van der Waals surface area contributed by atoms with E-state index in [2.05, 4.69) is 15.9 Å². The van der Waals surface area contributed by atoms with Gasteiger partial charge in [0.1, 0.15) is 6.54 Å². The molecule has 1 N–H and O–H groups in total. The summed E-state index contributed by atoms with van der Waals surface area (Å²) in [5, 5.41) is 8.68. The van der Waals surface area contributed by atoms with Gasteiger partial charge in [0.05, 0.1) is 0 Å². The van der Waals surface area contributed by atoms with Gasteiger partial charge in [-0.2, -0.15) is 0 Å². The highest BCUT2D eigenvalue weighted by Crippen LogP contribution is 2.21. The fraction of sp³-hybridized carbons (Fsp3) is 0.500. The quantitative estimate of drug-likeness (QED) is 0.862. The molecule has 2 heterocycles. The van der Waals surface area contributed by atoms with Gasteiger partial charge in [0.2, 0.25) is 5.91 Å². The number of carbonyl (C=O) groups is 2. The molecule has 114 valence electrons. The van der Waals surface area contributed by atoms with Crippen molar-refractivity contribution in [3.63, 3.8) is 0 Å². The molecular formula is C14H17BrN2O4. The van der Waals surface area contributed by atoms with E-state index in [1.54, 1.807) is 17.2 Å². The summed E-state index contributed by atoms with van der Waals surface area (Å²) < 4.78 is 2.12. The van der Waals surface area contributed by atoms with E-state index in [0.717, 1.165) is 10.9 Å². The van der Waals surface area contributed by atoms with Crippen LogP contribution < -0.4 is 5.56 Å². The second-order valence-electron chi connectivity index (χ2n) is 5.24. The molecule has 1 aliphatic rings. The number of amides is 1. The standard InChI is InChI=1S/C14H17BrN2O4/c15-11-2-3-12(18)17(8-11)9-13(19)16-6-5-10(7-16)1-4-14(20)21/h2-3,8,10H,1,4-7,9H2,(H,20,21). The Bertz CT molecular complexity index is 599. The molecule has 2 rings (SSSR count). The number of carboxylic acids is 1. The van der Waals surface area contributed by atoms with E-state index < -0.39 is 5.97 Å². The highest BCUT2D eigenvalue weighted by atomic mass is 79.9. The Morgan fingerprint density at radius 1 is 1.38 bits per heavy atom. The molecule has 0 aromatic carbocycles. The van der Waals surface area contributed by atoms with Crippen molar-refractivity contribution in [3.8, 4) is 0 Å². The predicted octanol–water partition coefficient (Wildman–Crippen LogP) is 1.32. The summed E-state index contributed by atoms with van der Waals surface area (Å²) in [4.78, 5) is 36.1. The van der Waals surface area contributed by atoms with E-state index in [0.29, 0.717) is 19.5 Å². The number of nitrogens with zero attached hydrogens (tertiary/aromatic N) is 2. The Kier molecular flexibility index (Phi) is 5.17. The predicted molar refractivity (Wildman–Crippen MR) is 80.0 cm³/mol. The van der Waals surface area contributed by atoms with Gasteiger partial charge in [-0.15, -0.1) is 0 Å². The maximum absolute atomic E-state index is 12.2. The van der Waals surface area contributed by atoms with E-state index in [1.165, 1.54) is 10.6 Å². The van der Waals surface area contributed by atoms with Gasteiger partial charge >= 0.3 is 5.97 Å². The molecule has 1 aliphatic heterocycles. The lowest BCUT2D eigenvalue weighted by atomic mass is 10.0. The number of aromatic nitrogens is 1. The molecule has 1 atom stereocenters. The Morgan fingerprint density at radius 2 is 2.14 bits per heavy atom. The number of hydrogen-bond acceptors (Lipinski definition) is 3. The first-order chi connectivity index (χ1) is 9.95. The Labute approximate surface area is 130 Å². The zero-order chi connectivity index (χ0) is 15.4. The zero-order valence-electron chi connectivity index (χ0n) is 11.5. The van der Waals surface area contributed by atoms with Gasteiger partial charge in [0.15, 0.2) is 0 Å². The third kappa shape index (κ3) is 4.42. The number of aliphatic carboxylic acids is 1. The first-order valence-corrected chi connectivity index (χ1v) is 7.60. The molecule has 1 amide bonds. The van der Waals surface area contributed by atoms with Crippen LogP contribution in [-0.4, -0.2) is 39.5 Å². The molecule has 21 heavy (non-hydrogen) atoms. The first-order valence-electron chi connectivity index (χ1n) is 6.81. The average molecular weight is 357 g/mol. The first kappa shape index (κ1) is 15.8. The van der Waals surface area contributed by atoms with E-state index in [-0.39, 0.29) is 30.3 Å². The normalized spacial score (nSPS) is 18.0. The van der Waals surface area contributed by atoms with Gasteiger partial charge in [-0.25, -0.2) is 0 Å². The van der Waals surface area contributed by atoms with Crippen molar-refractivity contribution in [1.82, 2.24) is 9.47 Å². The highest BCUT2D eigenvalue weighted by molar-refractivity contribution is 9.10. The van der Waals surface area contributed by atoms with Gasteiger partial charge in [-0.05, 0) is 40.8 Å². The summed E-state index contributed by atoms with van der Waals surface area (Å²) in [6.07, 6.45) is 3.15. The van der Waals surface area contributed by atoms with Crippen molar-refractivity contribution in [2.24, 2.45) is 5.92 Å². The van der Waals surface area contributed by atoms with Gasteiger partial charge in [0.25, 0.3) is 5.56 Å². The van der Waals surface area contributed by atoms with Crippen molar-refractivity contribution in [1.29, 1.82) is 0 Å². The summed E-state index contributed by atoms with van der Waals surface area (Å²) in [5.74, 6) is -0.669. The van der Waals surface area contributed by atoms with Crippen molar-refractivity contribution < 1.29 is 14.7 Å². The molecule has 0 saturated carbocycles. The number of likely N-dealkylation sites (tertiary alicyclic amines) is 1. The molecule has 0 spiro atoms. The number of hydrogen-bond donors (Lipinski definition) is 1. The monoisotopic (exact) mass is 356 g/mol. The minimum atomic E-state index is -0.805. The van der Waals surface area contributed by atoms with Crippen molar-refractivity contribution in [2.75, 3.05) is 13.1 Å². The minimum Gasteiger partial charge on any atom is -0.481 e. The third-order valence-electron chi connectivity index (χ3n) is 3.66. The van der Waals surface area contributed by atoms with Gasteiger partial charge in [0, 0.05) is 36.2 Å². The van der Waals surface area contributed by atoms with Crippen LogP contribution in [0.4, 0.5) is 0 Å². The van der Waals surface area contributed by atoms with E-state index in [4.69, 9.17) is 5.11 Å². The van der Waals surface area contributed by atoms with Crippen LogP contribution >= 0.6 is 15.9 Å². The average Bonchev–Trinajstić information content (AvgIpc) is 2.89. The topological polar surface area (TPSA) is 79.6 Å². The SMILES string of the molecule is O=C(O)CCC1CCN(C(=O)Cn2cc(Br)ccc2=O)C1. The van der Waals surface area contributed by atoms with E-state index in [9.17, 15) is 14.4 Å². The number of carbonyl (C=O) groups excluding carboxylic acids is 1. The fourth-order valence-corrected chi connectivity index (χ4v) is 2.87. The lowest BCUT2D eigenvalue weighted by Gasteiger charge is -2.17. The summed E-state index contributed by atoms with van der Waals surface area (Å²) >= 11 is 3.27. The van der Waals surface area contributed by atoms with Gasteiger partial charge < -0.3 is 14.6 Å². The molecule has 1 aromatic rings. The van der Waals surface area contributed by atoms with Crippen LogP contribution in [-0.2, 0) is 16.1 Å². The van der Waals surface area contributed by atoms with Crippen LogP contribution in [0.25, 0.3) is 0 Å². The molecule has 1 aromatic heterocycles. The Morgan fingerprint density at radius 3 is 2.86 bits per heavy atom. The Balaban J connectivity index is 1.91. The smallest absolute Gasteiger partial charge is 0.303 e. The maximum Gasteiger partial charge on any atom is 0.303 e. The molecule has 0 bridgehead atoms. The van der Waals surface area contributed by atoms with Crippen LogP contribution in [0.15, 0.2) is 27.6 Å². The van der Waals surface area contributed by atoms with Gasteiger partial charge in [-0.3, -0.25) is 14.4 Å². The molecule has 0 radical (unpaired) electrons. The highest BCUT2D eigenvalue weighted by Gasteiger charge is 2.26. The molecule has 7 heteroatoms. The fourth-order valence-electron chi connectivity index (χ4n) is 2.49. The maximum atomic E-state index is 12.2.